The van der Waals surface area contributed by atoms with Crippen molar-refractivity contribution >= 4 is 10.0 Å². The number of methoxy groups -OCH3 is 1. The Labute approximate surface area is 138 Å². The van der Waals surface area contributed by atoms with Gasteiger partial charge in [-0.05, 0) is 29.2 Å². The number of rotatable bonds is 7. The van der Waals surface area contributed by atoms with Crippen LogP contribution >= 0.6 is 0 Å². The van der Waals surface area contributed by atoms with E-state index in [0.717, 1.165) is 16.9 Å². The lowest BCUT2D eigenvalue weighted by Gasteiger charge is -2.23. The fraction of sp³-hybridized carbons (Fsp3) is 0.333. The van der Waals surface area contributed by atoms with Crippen LogP contribution in [0.5, 0.6) is 5.75 Å². The molecular weight excluding hydrogens is 310 g/mol. The smallest absolute Gasteiger partial charge is 0.216 e. The molecule has 2 rings (SSSR count). The molecule has 0 fully saturated rings. The van der Waals surface area contributed by atoms with E-state index in [9.17, 15) is 8.42 Å². The van der Waals surface area contributed by atoms with Gasteiger partial charge in [0.15, 0.2) is 0 Å². The highest BCUT2D eigenvalue weighted by atomic mass is 32.2. The minimum absolute atomic E-state index is 0.0206. The second-order valence-electron chi connectivity index (χ2n) is 5.86. The van der Waals surface area contributed by atoms with Gasteiger partial charge in [-0.2, -0.15) is 0 Å². The van der Waals surface area contributed by atoms with E-state index in [-0.39, 0.29) is 17.7 Å². The molecule has 1 N–H and O–H groups in total. The van der Waals surface area contributed by atoms with Crippen molar-refractivity contribution in [1.82, 2.24) is 4.72 Å². The van der Waals surface area contributed by atoms with Gasteiger partial charge in [-0.25, -0.2) is 13.1 Å². The van der Waals surface area contributed by atoms with Crippen molar-refractivity contribution in [2.45, 2.75) is 25.6 Å². The Kier molecular flexibility index (Phi) is 5.80. The lowest BCUT2D eigenvalue weighted by molar-refractivity contribution is 0.413. The number of hydrogen-bond acceptors (Lipinski definition) is 3. The third-order valence-electron chi connectivity index (χ3n) is 3.65. The molecule has 1 atom stereocenters. The van der Waals surface area contributed by atoms with Crippen LogP contribution in [0.4, 0.5) is 0 Å². The van der Waals surface area contributed by atoms with Crippen molar-refractivity contribution in [3.63, 3.8) is 0 Å². The SMILES string of the molecule is COc1ccc([C@H](NS(=O)(=O)Cc2ccccc2)C(C)C)cc1. The number of sulfonamides is 1. The van der Waals surface area contributed by atoms with Crippen LogP contribution in [0.3, 0.4) is 0 Å². The highest BCUT2D eigenvalue weighted by molar-refractivity contribution is 7.88. The van der Waals surface area contributed by atoms with Crippen molar-refractivity contribution in [1.29, 1.82) is 0 Å². The minimum Gasteiger partial charge on any atom is -0.497 e. The molecule has 0 aliphatic heterocycles. The highest BCUT2D eigenvalue weighted by Crippen LogP contribution is 2.25. The maximum absolute atomic E-state index is 12.5. The predicted molar refractivity (Wildman–Crippen MR) is 92.8 cm³/mol. The monoisotopic (exact) mass is 333 g/mol. The average Bonchev–Trinajstić information content (AvgIpc) is 2.53. The summed E-state index contributed by atoms with van der Waals surface area (Å²) in [5, 5.41) is 0. The van der Waals surface area contributed by atoms with Gasteiger partial charge in [0.25, 0.3) is 0 Å². The molecule has 5 heteroatoms. The van der Waals surface area contributed by atoms with Crippen LogP contribution in [-0.4, -0.2) is 15.5 Å². The molecule has 0 aliphatic rings. The lowest BCUT2D eigenvalue weighted by atomic mass is 9.97. The molecule has 0 aromatic heterocycles. The Hall–Kier alpha value is -1.85. The van der Waals surface area contributed by atoms with Crippen molar-refractivity contribution < 1.29 is 13.2 Å². The van der Waals surface area contributed by atoms with Crippen LogP contribution in [0.2, 0.25) is 0 Å². The number of ether oxygens (including phenoxy) is 1. The van der Waals surface area contributed by atoms with Crippen LogP contribution in [0.1, 0.15) is 31.0 Å². The van der Waals surface area contributed by atoms with Gasteiger partial charge in [-0.15, -0.1) is 0 Å². The summed E-state index contributed by atoms with van der Waals surface area (Å²) in [7, 11) is -1.82. The van der Waals surface area contributed by atoms with Gasteiger partial charge in [0.05, 0.1) is 12.9 Å². The van der Waals surface area contributed by atoms with Crippen molar-refractivity contribution in [2.24, 2.45) is 5.92 Å². The molecule has 0 saturated heterocycles. The van der Waals surface area contributed by atoms with E-state index in [1.165, 1.54) is 0 Å². The van der Waals surface area contributed by atoms with E-state index in [4.69, 9.17) is 4.74 Å². The molecule has 0 spiro atoms. The fourth-order valence-corrected chi connectivity index (χ4v) is 3.94. The van der Waals surface area contributed by atoms with Gasteiger partial charge in [-0.3, -0.25) is 0 Å². The van der Waals surface area contributed by atoms with E-state index in [0.29, 0.717) is 0 Å². The topological polar surface area (TPSA) is 55.4 Å². The maximum Gasteiger partial charge on any atom is 0.216 e. The third-order valence-corrected chi connectivity index (χ3v) is 4.97. The van der Waals surface area contributed by atoms with Gasteiger partial charge in [-0.1, -0.05) is 56.3 Å². The van der Waals surface area contributed by atoms with Gasteiger partial charge < -0.3 is 4.74 Å². The number of nitrogens with one attached hydrogen (secondary N) is 1. The molecule has 4 nitrogen and oxygen atoms in total. The molecule has 2 aromatic carbocycles. The van der Waals surface area contributed by atoms with Crippen LogP contribution < -0.4 is 9.46 Å². The fourth-order valence-electron chi connectivity index (χ4n) is 2.43. The second kappa shape index (κ2) is 7.62. The van der Waals surface area contributed by atoms with E-state index >= 15 is 0 Å². The molecule has 0 bridgehead atoms. The Morgan fingerprint density at radius 2 is 1.61 bits per heavy atom. The zero-order chi connectivity index (χ0) is 16.9. The summed E-state index contributed by atoms with van der Waals surface area (Å²) in [5.74, 6) is 0.866. The zero-order valence-electron chi connectivity index (χ0n) is 13.7. The molecule has 2 aromatic rings. The first-order valence-electron chi connectivity index (χ1n) is 7.59. The quantitative estimate of drug-likeness (QED) is 0.843. The first-order chi connectivity index (χ1) is 10.9. The molecule has 0 radical (unpaired) electrons. The molecular formula is C18H23NO3S. The largest absolute Gasteiger partial charge is 0.497 e. The Bertz CT molecular complexity index is 710. The van der Waals surface area contributed by atoms with Gasteiger partial charge in [0.2, 0.25) is 10.0 Å². The van der Waals surface area contributed by atoms with Crippen LogP contribution in [0, 0.1) is 5.92 Å². The van der Waals surface area contributed by atoms with E-state index in [1.54, 1.807) is 7.11 Å². The summed E-state index contributed by atoms with van der Waals surface area (Å²) in [6, 6.07) is 16.4. The number of hydrogen-bond donors (Lipinski definition) is 1. The Balaban J connectivity index is 2.17. The summed E-state index contributed by atoms with van der Waals surface area (Å²) >= 11 is 0. The number of benzene rings is 2. The van der Waals surface area contributed by atoms with Crippen molar-refractivity contribution in [2.75, 3.05) is 7.11 Å². The molecule has 0 heterocycles. The molecule has 0 unspecified atom stereocenters. The molecule has 23 heavy (non-hydrogen) atoms. The summed E-state index contributed by atoms with van der Waals surface area (Å²) < 4.78 is 32.9. The van der Waals surface area contributed by atoms with Gasteiger partial charge in [0.1, 0.15) is 5.75 Å². The first kappa shape index (κ1) is 17.5. The Morgan fingerprint density at radius 1 is 1.00 bits per heavy atom. The minimum atomic E-state index is -3.42. The molecule has 124 valence electrons. The van der Waals surface area contributed by atoms with E-state index < -0.39 is 10.0 Å². The average molecular weight is 333 g/mol. The summed E-state index contributed by atoms with van der Waals surface area (Å²) in [6.07, 6.45) is 0. The molecule has 0 aliphatic carbocycles. The molecule has 0 saturated carbocycles. The normalized spacial score (nSPS) is 13.0. The van der Waals surface area contributed by atoms with E-state index in [2.05, 4.69) is 4.72 Å². The second-order valence-corrected chi connectivity index (χ2v) is 7.61. The van der Waals surface area contributed by atoms with Gasteiger partial charge in [0, 0.05) is 6.04 Å². The summed E-state index contributed by atoms with van der Waals surface area (Å²) in [6.45, 7) is 4.00. The first-order valence-corrected chi connectivity index (χ1v) is 9.24. The predicted octanol–water partition coefficient (Wildman–Crippen LogP) is 3.51. The van der Waals surface area contributed by atoms with Crippen LogP contribution in [-0.2, 0) is 15.8 Å². The maximum atomic E-state index is 12.5. The van der Waals surface area contributed by atoms with Crippen LogP contribution in [0.15, 0.2) is 54.6 Å². The Morgan fingerprint density at radius 3 is 2.13 bits per heavy atom. The zero-order valence-corrected chi connectivity index (χ0v) is 14.5. The van der Waals surface area contributed by atoms with Crippen LogP contribution in [0.25, 0.3) is 0 Å². The highest BCUT2D eigenvalue weighted by Gasteiger charge is 2.22. The summed E-state index contributed by atoms with van der Waals surface area (Å²) in [4.78, 5) is 0. The standard InChI is InChI=1S/C18H23NO3S/c1-14(2)18(16-9-11-17(22-3)12-10-16)19-23(20,21)13-15-7-5-4-6-8-15/h4-12,14,18-19H,13H2,1-3H3/t18-/m1/s1. The van der Waals surface area contributed by atoms with Crippen molar-refractivity contribution in [3.05, 3.63) is 65.7 Å². The summed E-state index contributed by atoms with van der Waals surface area (Å²) in [5.41, 5.74) is 1.70. The third kappa shape index (κ3) is 5.08. The lowest BCUT2D eigenvalue weighted by Crippen LogP contribution is -2.32. The van der Waals surface area contributed by atoms with Gasteiger partial charge >= 0.3 is 0 Å². The van der Waals surface area contributed by atoms with E-state index in [1.807, 2.05) is 68.4 Å². The van der Waals surface area contributed by atoms with Crippen molar-refractivity contribution in [3.8, 4) is 5.75 Å². The molecule has 0 amide bonds.